The molecule has 4 nitrogen and oxygen atoms in total. The minimum atomic E-state index is 0.216. The Morgan fingerprint density at radius 3 is 2.75 bits per heavy atom. The molecule has 2 aromatic heterocycles. The first-order chi connectivity index (χ1) is 9.67. The molecule has 0 amide bonds. The lowest BCUT2D eigenvalue weighted by Crippen LogP contribution is -2.21. The average Bonchev–Trinajstić information content (AvgIpc) is 2.81. The zero-order chi connectivity index (χ0) is 14.5. The number of nitrogens with zero attached hydrogens (tertiary/aromatic N) is 3. The zero-order valence-electron chi connectivity index (χ0n) is 12.2. The molecule has 5 heteroatoms. The van der Waals surface area contributed by atoms with E-state index in [4.69, 9.17) is 0 Å². The molecule has 0 aliphatic heterocycles. The van der Waals surface area contributed by atoms with Gasteiger partial charge in [0.15, 0.2) is 0 Å². The highest BCUT2D eigenvalue weighted by atomic mass is 79.9. The summed E-state index contributed by atoms with van der Waals surface area (Å²) in [6.07, 6.45) is 2.77. The lowest BCUT2D eigenvalue weighted by molar-refractivity contribution is 0.522. The van der Waals surface area contributed by atoms with Crippen LogP contribution in [0, 0.1) is 0 Å². The fourth-order valence-corrected chi connectivity index (χ4v) is 2.88. The van der Waals surface area contributed by atoms with E-state index in [1.165, 1.54) is 5.69 Å². The minimum Gasteiger partial charge on any atom is -0.303 e. The van der Waals surface area contributed by atoms with Gasteiger partial charge in [0.1, 0.15) is 0 Å². The van der Waals surface area contributed by atoms with Crippen molar-refractivity contribution in [3.05, 3.63) is 46.0 Å². The second kappa shape index (κ2) is 6.99. The maximum atomic E-state index is 4.61. The van der Waals surface area contributed by atoms with E-state index in [1.54, 1.807) is 0 Å². The fourth-order valence-electron chi connectivity index (χ4n) is 2.17. The molecular weight excluding hydrogens is 316 g/mol. The number of hydrogen-bond acceptors (Lipinski definition) is 3. The van der Waals surface area contributed by atoms with Crippen LogP contribution in [-0.4, -0.2) is 14.8 Å². The van der Waals surface area contributed by atoms with Gasteiger partial charge in [-0.15, -0.1) is 0 Å². The van der Waals surface area contributed by atoms with Crippen LogP contribution >= 0.6 is 15.9 Å². The van der Waals surface area contributed by atoms with Crippen LogP contribution in [0.1, 0.15) is 43.9 Å². The Balaban J connectivity index is 2.09. The summed E-state index contributed by atoms with van der Waals surface area (Å²) < 4.78 is 3.18. The lowest BCUT2D eigenvalue weighted by atomic mass is 10.2. The minimum absolute atomic E-state index is 0.216. The van der Waals surface area contributed by atoms with Crippen molar-refractivity contribution in [1.29, 1.82) is 0 Å². The molecule has 0 radical (unpaired) electrons. The number of rotatable bonds is 6. The predicted molar refractivity (Wildman–Crippen MR) is 84.5 cm³/mol. The Morgan fingerprint density at radius 1 is 1.35 bits per heavy atom. The van der Waals surface area contributed by atoms with Crippen molar-refractivity contribution >= 4 is 15.9 Å². The molecule has 2 rings (SSSR count). The van der Waals surface area contributed by atoms with Crippen LogP contribution in [0.5, 0.6) is 0 Å². The standard InChI is InChI=1S/C15H21BrN4/c1-4-12-15(16)14(20(5-2)19-12)10-18-11(3)13-8-6-7-9-17-13/h6-9,11,18H,4-5,10H2,1-3H3/t11-/m1/s1. The van der Waals surface area contributed by atoms with Crippen molar-refractivity contribution < 1.29 is 0 Å². The van der Waals surface area contributed by atoms with Crippen LogP contribution in [0.4, 0.5) is 0 Å². The van der Waals surface area contributed by atoms with Crippen LogP contribution in [0.15, 0.2) is 28.9 Å². The summed E-state index contributed by atoms with van der Waals surface area (Å²) in [6, 6.07) is 6.21. The number of pyridine rings is 1. The van der Waals surface area contributed by atoms with Gasteiger partial charge in [0.2, 0.25) is 0 Å². The lowest BCUT2D eigenvalue weighted by Gasteiger charge is -2.14. The summed E-state index contributed by atoms with van der Waals surface area (Å²) in [5.74, 6) is 0. The van der Waals surface area contributed by atoms with Crippen molar-refractivity contribution in [3.63, 3.8) is 0 Å². The van der Waals surface area contributed by atoms with E-state index in [0.717, 1.165) is 35.4 Å². The summed E-state index contributed by atoms with van der Waals surface area (Å²) in [5, 5.41) is 8.13. The summed E-state index contributed by atoms with van der Waals surface area (Å²) in [5.41, 5.74) is 3.38. The average molecular weight is 337 g/mol. The highest BCUT2D eigenvalue weighted by Crippen LogP contribution is 2.23. The van der Waals surface area contributed by atoms with Crippen molar-refractivity contribution in [2.75, 3.05) is 0 Å². The molecule has 0 saturated carbocycles. The maximum Gasteiger partial charge on any atom is 0.0767 e. The van der Waals surface area contributed by atoms with Gasteiger partial charge >= 0.3 is 0 Å². The van der Waals surface area contributed by atoms with Gasteiger partial charge in [-0.25, -0.2) is 0 Å². The molecular formula is C15H21BrN4. The topological polar surface area (TPSA) is 42.7 Å². The third-order valence-corrected chi connectivity index (χ3v) is 4.32. The first kappa shape index (κ1) is 15.2. The molecule has 1 N–H and O–H groups in total. The van der Waals surface area contributed by atoms with E-state index in [2.05, 4.69) is 56.8 Å². The Bertz CT molecular complexity index is 551. The molecule has 0 spiro atoms. The Hall–Kier alpha value is -1.20. The fraction of sp³-hybridized carbons (Fsp3) is 0.467. The van der Waals surface area contributed by atoms with Gasteiger partial charge in [0, 0.05) is 25.3 Å². The maximum absolute atomic E-state index is 4.61. The SMILES string of the molecule is CCc1nn(CC)c(CN[C@H](C)c2ccccn2)c1Br. The van der Waals surface area contributed by atoms with E-state index in [9.17, 15) is 0 Å². The molecule has 2 aromatic rings. The summed E-state index contributed by atoms with van der Waals surface area (Å²) in [7, 11) is 0. The number of halogens is 1. The number of nitrogens with one attached hydrogen (secondary N) is 1. The molecule has 0 bridgehead atoms. The smallest absolute Gasteiger partial charge is 0.0767 e. The summed E-state index contributed by atoms with van der Waals surface area (Å²) in [6.45, 7) is 8.03. The number of aromatic nitrogens is 3. The third-order valence-electron chi connectivity index (χ3n) is 3.40. The largest absolute Gasteiger partial charge is 0.303 e. The van der Waals surface area contributed by atoms with Crippen LogP contribution in [0.25, 0.3) is 0 Å². The molecule has 20 heavy (non-hydrogen) atoms. The van der Waals surface area contributed by atoms with Crippen molar-refractivity contribution in [2.24, 2.45) is 0 Å². The second-order valence-electron chi connectivity index (χ2n) is 4.73. The first-order valence-electron chi connectivity index (χ1n) is 7.05. The van der Waals surface area contributed by atoms with Crippen LogP contribution < -0.4 is 5.32 Å². The van der Waals surface area contributed by atoms with Crippen LogP contribution in [-0.2, 0) is 19.5 Å². The van der Waals surface area contributed by atoms with E-state index in [-0.39, 0.29) is 6.04 Å². The Kier molecular flexibility index (Phi) is 5.31. The van der Waals surface area contributed by atoms with Gasteiger partial charge < -0.3 is 5.32 Å². The molecule has 1 atom stereocenters. The summed E-state index contributed by atoms with van der Waals surface area (Å²) >= 11 is 3.67. The van der Waals surface area contributed by atoms with Gasteiger partial charge in [-0.05, 0) is 48.3 Å². The zero-order valence-corrected chi connectivity index (χ0v) is 13.8. The second-order valence-corrected chi connectivity index (χ2v) is 5.53. The molecule has 0 aromatic carbocycles. The van der Waals surface area contributed by atoms with Gasteiger partial charge in [0.25, 0.3) is 0 Å². The van der Waals surface area contributed by atoms with Crippen LogP contribution in [0.3, 0.4) is 0 Å². The molecule has 0 aliphatic carbocycles. The Labute approximate surface area is 128 Å². The highest BCUT2D eigenvalue weighted by Gasteiger charge is 2.15. The monoisotopic (exact) mass is 336 g/mol. The molecule has 0 aliphatic rings. The first-order valence-corrected chi connectivity index (χ1v) is 7.85. The van der Waals surface area contributed by atoms with Gasteiger partial charge in [-0.2, -0.15) is 5.10 Å². The van der Waals surface area contributed by atoms with Crippen molar-refractivity contribution in [2.45, 2.75) is 46.3 Å². The molecule has 2 heterocycles. The third kappa shape index (κ3) is 3.27. The molecule has 0 unspecified atom stereocenters. The van der Waals surface area contributed by atoms with E-state index in [1.807, 2.05) is 24.4 Å². The van der Waals surface area contributed by atoms with Gasteiger partial charge in [-0.1, -0.05) is 13.0 Å². The molecule has 0 saturated heterocycles. The number of aryl methyl sites for hydroxylation is 2. The Morgan fingerprint density at radius 2 is 2.15 bits per heavy atom. The predicted octanol–water partition coefficient (Wildman–Crippen LogP) is 3.47. The van der Waals surface area contributed by atoms with Crippen LogP contribution in [0.2, 0.25) is 0 Å². The van der Waals surface area contributed by atoms with E-state index >= 15 is 0 Å². The molecule has 0 fully saturated rings. The van der Waals surface area contributed by atoms with Gasteiger partial charge in [0.05, 0.1) is 21.6 Å². The quantitative estimate of drug-likeness (QED) is 0.878. The molecule has 108 valence electrons. The van der Waals surface area contributed by atoms with Crippen molar-refractivity contribution in [3.8, 4) is 0 Å². The van der Waals surface area contributed by atoms with E-state index < -0.39 is 0 Å². The normalized spacial score (nSPS) is 12.6. The van der Waals surface area contributed by atoms with Crippen molar-refractivity contribution in [1.82, 2.24) is 20.1 Å². The summed E-state index contributed by atoms with van der Waals surface area (Å²) in [4.78, 5) is 4.38. The van der Waals surface area contributed by atoms with Gasteiger partial charge in [-0.3, -0.25) is 9.67 Å². The highest BCUT2D eigenvalue weighted by molar-refractivity contribution is 9.10. The van der Waals surface area contributed by atoms with E-state index in [0.29, 0.717) is 0 Å². The number of hydrogen-bond donors (Lipinski definition) is 1.